The highest BCUT2D eigenvalue weighted by Crippen LogP contribution is 2.31. The fourth-order valence-electron chi connectivity index (χ4n) is 2.42. The van der Waals surface area contributed by atoms with Crippen LogP contribution in [0.3, 0.4) is 0 Å². The van der Waals surface area contributed by atoms with Gasteiger partial charge >= 0.3 is 0 Å². The van der Waals surface area contributed by atoms with Gasteiger partial charge in [-0.25, -0.2) is 4.39 Å². The van der Waals surface area contributed by atoms with Crippen molar-refractivity contribution in [3.8, 4) is 23.0 Å². The molecule has 9 heteroatoms. The zero-order valence-electron chi connectivity index (χ0n) is 16.4. The summed E-state index contributed by atoms with van der Waals surface area (Å²) in [6.07, 6.45) is 0. The number of hydrogen-bond donors (Lipinski definition) is 1. The van der Waals surface area contributed by atoms with Crippen LogP contribution in [0.25, 0.3) is 11.5 Å². The molecule has 0 spiro atoms. The third-order valence-corrected chi connectivity index (χ3v) is 5.03. The van der Waals surface area contributed by atoms with Gasteiger partial charge in [0, 0.05) is 17.3 Å². The summed E-state index contributed by atoms with van der Waals surface area (Å²) in [6, 6.07) is 9.75. The lowest BCUT2D eigenvalue weighted by molar-refractivity contribution is -0.115. The number of amides is 1. The lowest BCUT2D eigenvalue weighted by Crippen LogP contribution is -2.22. The van der Waals surface area contributed by atoms with E-state index in [1.165, 1.54) is 6.07 Å². The molecule has 0 aliphatic carbocycles. The highest BCUT2D eigenvalue weighted by molar-refractivity contribution is 8.00. The predicted octanol–water partition coefficient (Wildman–Crippen LogP) is 4.32. The monoisotopic (exact) mass is 417 g/mol. The summed E-state index contributed by atoms with van der Waals surface area (Å²) in [5.41, 5.74) is 1.53. The van der Waals surface area contributed by atoms with Crippen LogP contribution in [0.4, 0.5) is 10.1 Å². The number of aryl methyl sites for hydroxylation is 1. The molecule has 0 radical (unpaired) electrons. The standard InChI is InChI=1S/C20H20FN3O4S/c1-11-5-6-14(9-17(11)21)22-18(25)12(2)29-20-24-23-19(28-20)13-7-15(26-3)10-16(8-13)27-4/h5-10,12H,1-4H3,(H,22,25)/t12-/m1/s1. The maximum Gasteiger partial charge on any atom is 0.277 e. The van der Waals surface area contributed by atoms with Gasteiger partial charge in [0.05, 0.1) is 19.5 Å². The van der Waals surface area contributed by atoms with Crippen LogP contribution in [0, 0.1) is 12.7 Å². The van der Waals surface area contributed by atoms with Gasteiger partial charge in [-0.15, -0.1) is 10.2 Å². The van der Waals surface area contributed by atoms with Crippen LogP contribution in [0.1, 0.15) is 12.5 Å². The minimum atomic E-state index is -0.535. The van der Waals surface area contributed by atoms with Crippen LogP contribution >= 0.6 is 11.8 Å². The normalized spacial score (nSPS) is 11.8. The van der Waals surface area contributed by atoms with E-state index in [2.05, 4.69) is 15.5 Å². The second-order valence-corrected chi connectivity index (χ2v) is 7.48. The zero-order chi connectivity index (χ0) is 21.0. The quantitative estimate of drug-likeness (QED) is 0.573. The summed E-state index contributed by atoms with van der Waals surface area (Å²) in [6.45, 7) is 3.35. The van der Waals surface area contributed by atoms with Gasteiger partial charge in [0.1, 0.15) is 17.3 Å². The number of hydrogen-bond acceptors (Lipinski definition) is 7. The second-order valence-electron chi connectivity index (χ2n) is 6.19. The Balaban J connectivity index is 1.69. The molecule has 1 aromatic heterocycles. The minimum Gasteiger partial charge on any atom is -0.497 e. The summed E-state index contributed by atoms with van der Waals surface area (Å²) < 4.78 is 29.8. The van der Waals surface area contributed by atoms with Crippen LogP contribution in [0.5, 0.6) is 11.5 Å². The predicted molar refractivity (Wildman–Crippen MR) is 108 cm³/mol. The van der Waals surface area contributed by atoms with Crippen molar-refractivity contribution in [3.05, 3.63) is 47.8 Å². The molecule has 1 N–H and O–H groups in total. The Bertz CT molecular complexity index is 1000. The number of halogens is 1. The molecule has 0 fully saturated rings. The highest BCUT2D eigenvalue weighted by atomic mass is 32.2. The molecule has 0 unspecified atom stereocenters. The van der Waals surface area contributed by atoms with Crippen molar-refractivity contribution in [2.45, 2.75) is 24.3 Å². The average molecular weight is 417 g/mol. The number of nitrogens with one attached hydrogen (secondary N) is 1. The van der Waals surface area contributed by atoms with Crippen molar-refractivity contribution in [3.63, 3.8) is 0 Å². The van der Waals surface area contributed by atoms with E-state index in [0.29, 0.717) is 28.3 Å². The summed E-state index contributed by atoms with van der Waals surface area (Å²) in [5, 5.41) is 10.4. The zero-order valence-corrected chi connectivity index (χ0v) is 17.2. The van der Waals surface area contributed by atoms with Gasteiger partial charge in [0.25, 0.3) is 5.22 Å². The van der Waals surface area contributed by atoms with Crippen LogP contribution in [-0.2, 0) is 4.79 Å². The summed E-state index contributed by atoms with van der Waals surface area (Å²) in [7, 11) is 3.10. The first-order valence-electron chi connectivity index (χ1n) is 8.70. The number of thioether (sulfide) groups is 1. The molecule has 1 heterocycles. The van der Waals surface area contributed by atoms with Crippen molar-refractivity contribution >= 4 is 23.4 Å². The van der Waals surface area contributed by atoms with Crippen molar-refractivity contribution in [2.24, 2.45) is 0 Å². The molecule has 0 bridgehead atoms. The largest absolute Gasteiger partial charge is 0.497 e. The summed E-state index contributed by atoms with van der Waals surface area (Å²) >= 11 is 1.11. The highest BCUT2D eigenvalue weighted by Gasteiger charge is 2.20. The number of benzene rings is 2. The molecule has 0 saturated heterocycles. The molecule has 3 rings (SSSR count). The topological polar surface area (TPSA) is 86.5 Å². The van der Waals surface area contributed by atoms with E-state index in [9.17, 15) is 9.18 Å². The first-order valence-corrected chi connectivity index (χ1v) is 9.58. The van der Waals surface area contributed by atoms with Crippen molar-refractivity contribution < 1.29 is 23.1 Å². The minimum absolute atomic E-state index is 0.236. The smallest absolute Gasteiger partial charge is 0.277 e. The molecule has 0 aliphatic heterocycles. The van der Waals surface area contributed by atoms with Crippen LogP contribution < -0.4 is 14.8 Å². The fourth-order valence-corrected chi connectivity index (χ4v) is 3.11. The lowest BCUT2D eigenvalue weighted by Gasteiger charge is -2.10. The van der Waals surface area contributed by atoms with E-state index in [1.807, 2.05) is 0 Å². The Hall–Kier alpha value is -3.07. The van der Waals surface area contributed by atoms with Gasteiger partial charge in [-0.3, -0.25) is 4.79 Å². The number of carbonyl (C=O) groups excluding carboxylic acids is 1. The molecule has 0 saturated carbocycles. The van der Waals surface area contributed by atoms with Gasteiger partial charge in [-0.2, -0.15) is 0 Å². The van der Waals surface area contributed by atoms with Crippen molar-refractivity contribution in [1.82, 2.24) is 10.2 Å². The van der Waals surface area contributed by atoms with E-state index in [0.717, 1.165) is 11.8 Å². The number of rotatable bonds is 7. The molecule has 0 aliphatic rings. The summed E-state index contributed by atoms with van der Waals surface area (Å²) in [4.78, 5) is 12.4. The van der Waals surface area contributed by atoms with Gasteiger partial charge in [0.15, 0.2) is 0 Å². The molecule has 3 aromatic rings. The Morgan fingerprint density at radius 3 is 2.45 bits per heavy atom. The molecule has 1 amide bonds. The number of aromatic nitrogens is 2. The Labute approximate surface area is 171 Å². The van der Waals surface area contributed by atoms with E-state index < -0.39 is 5.25 Å². The van der Waals surface area contributed by atoms with Gasteiger partial charge in [0.2, 0.25) is 11.8 Å². The molecular weight excluding hydrogens is 397 g/mol. The van der Waals surface area contributed by atoms with E-state index in [-0.39, 0.29) is 22.8 Å². The van der Waals surface area contributed by atoms with Gasteiger partial charge in [-0.05, 0) is 43.7 Å². The third-order valence-electron chi connectivity index (χ3n) is 4.09. The Kier molecular flexibility index (Phi) is 6.38. The Morgan fingerprint density at radius 1 is 1.14 bits per heavy atom. The van der Waals surface area contributed by atoms with Crippen molar-refractivity contribution in [2.75, 3.05) is 19.5 Å². The fraction of sp³-hybridized carbons (Fsp3) is 0.250. The Morgan fingerprint density at radius 2 is 1.83 bits per heavy atom. The number of nitrogens with zero attached hydrogens (tertiary/aromatic N) is 2. The molecular formula is C20H20FN3O4S. The van der Waals surface area contributed by atoms with Gasteiger partial charge < -0.3 is 19.2 Å². The number of carbonyl (C=O) groups is 1. The maximum absolute atomic E-state index is 13.6. The van der Waals surface area contributed by atoms with E-state index >= 15 is 0 Å². The van der Waals surface area contributed by atoms with E-state index in [1.54, 1.807) is 58.4 Å². The van der Waals surface area contributed by atoms with Crippen LogP contribution in [-0.4, -0.2) is 35.6 Å². The van der Waals surface area contributed by atoms with Gasteiger partial charge in [-0.1, -0.05) is 17.8 Å². The molecule has 152 valence electrons. The van der Waals surface area contributed by atoms with Crippen LogP contribution in [0.2, 0.25) is 0 Å². The molecule has 29 heavy (non-hydrogen) atoms. The number of ether oxygens (including phenoxy) is 2. The van der Waals surface area contributed by atoms with Crippen LogP contribution in [0.15, 0.2) is 46.0 Å². The number of anilines is 1. The molecule has 1 atom stereocenters. The first kappa shape index (κ1) is 20.7. The maximum atomic E-state index is 13.6. The third kappa shape index (κ3) is 5.05. The lowest BCUT2D eigenvalue weighted by atomic mass is 10.2. The average Bonchev–Trinajstić information content (AvgIpc) is 3.18. The number of methoxy groups -OCH3 is 2. The van der Waals surface area contributed by atoms with E-state index in [4.69, 9.17) is 13.9 Å². The molecule has 2 aromatic carbocycles. The van der Waals surface area contributed by atoms with Crippen molar-refractivity contribution in [1.29, 1.82) is 0 Å². The summed E-state index contributed by atoms with van der Waals surface area (Å²) in [5.74, 6) is 0.770. The molecule has 7 nitrogen and oxygen atoms in total. The SMILES string of the molecule is COc1cc(OC)cc(-c2nnc(S[C@H](C)C(=O)Nc3ccc(C)c(F)c3)o2)c1. The first-order chi connectivity index (χ1) is 13.9. The second kappa shape index (κ2) is 8.95.